The predicted octanol–water partition coefficient (Wildman–Crippen LogP) is 4.10. The van der Waals surface area contributed by atoms with Crippen LogP contribution in [0.15, 0.2) is 66.7 Å². The Kier molecular flexibility index (Phi) is 6.46. The zero-order valence-electron chi connectivity index (χ0n) is 18.3. The van der Waals surface area contributed by atoms with Crippen LogP contribution in [-0.4, -0.2) is 41.6 Å². The van der Waals surface area contributed by atoms with Gasteiger partial charge in [-0.2, -0.15) is 0 Å². The van der Waals surface area contributed by atoms with Gasteiger partial charge in [0, 0.05) is 36.2 Å². The Morgan fingerprint density at radius 3 is 2.36 bits per heavy atom. The number of hydrogen-bond donors (Lipinski definition) is 2. The zero-order valence-corrected chi connectivity index (χ0v) is 18.3. The maximum atomic E-state index is 13.4. The van der Waals surface area contributed by atoms with Crippen LogP contribution in [0.4, 0.5) is 10.1 Å². The molecule has 4 aromatic rings. The monoisotopic (exact) mass is 446 g/mol. The third-order valence-corrected chi connectivity index (χ3v) is 5.17. The number of anilines is 1. The number of methoxy groups -OCH3 is 1. The summed E-state index contributed by atoms with van der Waals surface area (Å²) in [7, 11) is 1.57. The van der Waals surface area contributed by atoms with Crippen LogP contribution in [0.5, 0.6) is 0 Å². The molecular weight excluding hydrogens is 423 g/mol. The summed E-state index contributed by atoms with van der Waals surface area (Å²) in [5, 5.41) is 5.59. The maximum Gasteiger partial charge on any atom is 0.255 e. The Morgan fingerprint density at radius 2 is 1.67 bits per heavy atom. The molecule has 0 aliphatic heterocycles. The molecule has 0 atom stereocenters. The highest BCUT2D eigenvalue weighted by molar-refractivity contribution is 6.06. The molecule has 8 heteroatoms. The van der Waals surface area contributed by atoms with Crippen LogP contribution in [-0.2, 0) is 4.74 Å². The molecular formula is C25H23FN4O3. The normalized spacial score (nSPS) is 10.9. The average Bonchev–Trinajstić information content (AvgIpc) is 3.15. The number of ether oxygens (including phenoxy) is 1. The first-order valence-corrected chi connectivity index (χ1v) is 10.4. The van der Waals surface area contributed by atoms with Gasteiger partial charge in [0.25, 0.3) is 11.8 Å². The van der Waals surface area contributed by atoms with E-state index in [2.05, 4.69) is 15.6 Å². The van der Waals surface area contributed by atoms with Crippen molar-refractivity contribution in [3.63, 3.8) is 0 Å². The van der Waals surface area contributed by atoms with Crippen molar-refractivity contribution in [2.24, 2.45) is 0 Å². The molecule has 2 amide bonds. The lowest BCUT2D eigenvalue weighted by atomic mass is 10.1. The molecule has 1 aromatic heterocycles. The fourth-order valence-electron chi connectivity index (χ4n) is 3.53. The van der Waals surface area contributed by atoms with Crippen LogP contribution < -0.4 is 10.6 Å². The summed E-state index contributed by atoms with van der Waals surface area (Å²) in [5.74, 6) is -0.0913. The Morgan fingerprint density at radius 1 is 0.970 bits per heavy atom. The van der Waals surface area contributed by atoms with Crippen molar-refractivity contribution < 1.29 is 18.7 Å². The van der Waals surface area contributed by atoms with E-state index in [1.165, 1.54) is 12.1 Å². The van der Waals surface area contributed by atoms with Gasteiger partial charge in [0.15, 0.2) is 0 Å². The van der Waals surface area contributed by atoms with Crippen LogP contribution in [0.3, 0.4) is 0 Å². The van der Waals surface area contributed by atoms with E-state index >= 15 is 0 Å². The third-order valence-electron chi connectivity index (χ3n) is 5.17. The molecule has 3 aromatic carbocycles. The molecule has 0 saturated heterocycles. The molecule has 0 saturated carbocycles. The second kappa shape index (κ2) is 9.62. The van der Waals surface area contributed by atoms with Gasteiger partial charge in [0.2, 0.25) is 0 Å². The van der Waals surface area contributed by atoms with Gasteiger partial charge in [-0.25, -0.2) is 9.37 Å². The summed E-state index contributed by atoms with van der Waals surface area (Å²) in [5.41, 5.74) is 3.74. The molecule has 0 spiro atoms. The summed E-state index contributed by atoms with van der Waals surface area (Å²) in [6.45, 7) is 2.71. The first kappa shape index (κ1) is 22.2. The molecule has 0 aliphatic carbocycles. The smallest absolute Gasteiger partial charge is 0.255 e. The van der Waals surface area contributed by atoms with Crippen molar-refractivity contribution in [1.29, 1.82) is 0 Å². The molecule has 0 radical (unpaired) electrons. The van der Waals surface area contributed by atoms with Gasteiger partial charge in [-0.3, -0.25) is 14.2 Å². The van der Waals surface area contributed by atoms with E-state index in [1.54, 1.807) is 61.7 Å². The minimum absolute atomic E-state index is 0.209. The van der Waals surface area contributed by atoms with E-state index in [4.69, 9.17) is 4.74 Å². The topological polar surface area (TPSA) is 85.2 Å². The molecule has 0 unspecified atom stereocenters. The van der Waals surface area contributed by atoms with Gasteiger partial charge in [0.05, 0.1) is 17.6 Å². The lowest BCUT2D eigenvalue weighted by Gasteiger charge is -2.09. The minimum atomic E-state index is -0.320. The van der Waals surface area contributed by atoms with Gasteiger partial charge < -0.3 is 15.4 Å². The van der Waals surface area contributed by atoms with E-state index in [0.29, 0.717) is 30.0 Å². The van der Waals surface area contributed by atoms with Crippen molar-refractivity contribution in [3.8, 4) is 5.69 Å². The Hall–Kier alpha value is -4.04. The first-order chi connectivity index (χ1) is 16.0. The van der Waals surface area contributed by atoms with Gasteiger partial charge in [0.1, 0.15) is 11.6 Å². The quantitative estimate of drug-likeness (QED) is 0.419. The van der Waals surface area contributed by atoms with Gasteiger partial charge in [-0.1, -0.05) is 0 Å². The lowest BCUT2D eigenvalue weighted by Crippen LogP contribution is -2.26. The van der Waals surface area contributed by atoms with Crippen LogP contribution in [0.2, 0.25) is 0 Å². The fourth-order valence-corrected chi connectivity index (χ4v) is 3.53. The van der Waals surface area contributed by atoms with Crippen molar-refractivity contribution in [2.75, 3.05) is 25.6 Å². The standard InChI is InChI=1S/C25H23FN4O3/c1-16-28-22-12-5-18(15-23(22)30(16)21-10-6-19(26)7-11-21)25(32)29-20-8-3-17(4-9-20)24(31)27-13-14-33-2/h3-12,15H,13-14H2,1-2H3,(H,27,31)(H,29,32). The second-order valence-electron chi connectivity index (χ2n) is 7.45. The number of rotatable bonds is 7. The van der Waals surface area contributed by atoms with Crippen LogP contribution >= 0.6 is 0 Å². The Balaban J connectivity index is 1.53. The molecule has 33 heavy (non-hydrogen) atoms. The molecule has 2 N–H and O–H groups in total. The molecule has 168 valence electrons. The highest BCUT2D eigenvalue weighted by Crippen LogP contribution is 2.23. The number of imidazole rings is 1. The van der Waals surface area contributed by atoms with Gasteiger partial charge in [-0.15, -0.1) is 0 Å². The molecule has 7 nitrogen and oxygen atoms in total. The van der Waals surface area contributed by atoms with Crippen molar-refractivity contribution in [2.45, 2.75) is 6.92 Å². The van der Waals surface area contributed by atoms with Crippen molar-refractivity contribution in [1.82, 2.24) is 14.9 Å². The van der Waals surface area contributed by atoms with Crippen LogP contribution in [0.1, 0.15) is 26.5 Å². The van der Waals surface area contributed by atoms with E-state index in [-0.39, 0.29) is 17.6 Å². The largest absolute Gasteiger partial charge is 0.383 e. The number of nitrogens with zero attached hydrogens (tertiary/aromatic N) is 2. The Bertz CT molecular complexity index is 1300. The Labute approximate surface area is 190 Å². The number of carbonyl (C=O) groups is 2. The fraction of sp³-hybridized carbons (Fsp3) is 0.160. The average molecular weight is 446 g/mol. The van der Waals surface area contributed by atoms with Crippen molar-refractivity contribution >= 4 is 28.5 Å². The number of fused-ring (bicyclic) bond motifs is 1. The number of amides is 2. The minimum Gasteiger partial charge on any atom is -0.383 e. The molecule has 4 rings (SSSR count). The second-order valence-corrected chi connectivity index (χ2v) is 7.45. The summed E-state index contributed by atoms with van der Waals surface area (Å²) in [6, 6.07) is 18.0. The summed E-state index contributed by atoms with van der Waals surface area (Å²) < 4.78 is 20.1. The van der Waals surface area contributed by atoms with E-state index < -0.39 is 0 Å². The predicted molar refractivity (Wildman–Crippen MR) is 124 cm³/mol. The van der Waals surface area contributed by atoms with E-state index in [1.807, 2.05) is 11.5 Å². The molecule has 0 aliphatic rings. The van der Waals surface area contributed by atoms with Gasteiger partial charge >= 0.3 is 0 Å². The van der Waals surface area contributed by atoms with E-state index in [0.717, 1.165) is 22.5 Å². The van der Waals surface area contributed by atoms with Crippen molar-refractivity contribution in [3.05, 3.63) is 89.5 Å². The van der Waals surface area contributed by atoms with E-state index in [9.17, 15) is 14.0 Å². The highest BCUT2D eigenvalue weighted by atomic mass is 19.1. The number of halogens is 1. The number of aryl methyl sites for hydroxylation is 1. The van der Waals surface area contributed by atoms with Gasteiger partial charge in [-0.05, 0) is 73.7 Å². The van der Waals surface area contributed by atoms with Crippen LogP contribution in [0, 0.1) is 12.7 Å². The number of nitrogens with one attached hydrogen (secondary N) is 2. The SMILES string of the molecule is COCCNC(=O)c1ccc(NC(=O)c2ccc3nc(C)n(-c4ccc(F)cc4)c3c2)cc1. The number of carbonyl (C=O) groups excluding carboxylic acids is 2. The number of benzene rings is 3. The first-order valence-electron chi connectivity index (χ1n) is 10.4. The summed E-state index contributed by atoms with van der Waals surface area (Å²) in [6.07, 6.45) is 0. The molecule has 0 fully saturated rings. The maximum absolute atomic E-state index is 13.4. The highest BCUT2D eigenvalue weighted by Gasteiger charge is 2.14. The number of hydrogen-bond acceptors (Lipinski definition) is 4. The summed E-state index contributed by atoms with van der Waals surface area (Å²) in [4.78, 5) is 29.5. The third kappa shape index (κ3) is 4.91. The molecule has 1 heterocycles. The molecule has 0 bridgehead atoms. The lowest BCUT2D eigenvalue weighted by molar-refractivity contribution is 0.0936. The van der Waals surface area contributed by atoms with Crippen LogP contribution in [0.25, 0.3) is 16.7 Å². The summed E-state index contributed by atoms with van der Waals surface area (Å²) >= 11 is 0. The zero-order chi connectivity index (χ0) is 23.4. The number of aromatic nitrogens is 2.